The number of nitrogens with zero attached hydrogens (tertiary/aromatic N) is 6. The quantitative estimate of drug-likeness (QED) is 0.225. The molecule has 0 fully saturated rings. The molecule has 42 heavy (non-hydrogen) atoms. The average Bonchev–Trinajstić information content (AvgIpc) is 3.44. The summed E-state index contributed by atoms with van der Waals surface area (Å²) in [5.74, 6) is 6.47. The number of aryl methyl sites for hydroxylation is 2. The van der Waals surface area contributed by atoms with Gasteiger partial charge in [0.1, 0.15) is 18.2 Å². The first-order valence-corrected chi connectivity index (χ1v) is 13.3. The minimum atomic E-state index is -0.677. The fourth-order valence-electron chi connectivity index (χ4n) is 5.06. The SMILES string of the molecule is Cc1nn(C)c(C)c1C#Cc1cccc2nc(C(C)NC(=O)c3c(N)[nH][n+]4cccnc34)n(-c3ccccc3)c(=O)c12. The van der Waals surface area contributed by atoms with Gasteiger partial charge < -0.3 is 11.1 Å². The normalized spacial score (nSPS) is 11.8. The molecule has 0 saturated heterocycles. The number of benzene rings is 2. The van der Waals surface area contributed by atoms with E-state index in [9.17, 15) is 9.59 Å². The van der Waals surface area contributed by atoms with Crippen LogP contribution >= 0.6 is 0 Å². The van der Waals surface area contributed by atoms with Gasteiger partial charge in [-0.15, -0.1) is 4.52 Å². The third kappa shape index (κ3) is 4.45. The number of para-hydroxylation sites is 1. The van der Waals surface area contributed by atoms with E-state index in [-0.39, 0.29) is 16.9 Å². The number of nitrogens with two attached hydrogens (primary N) is 1. The number of aromatic nitrogens is 7. The number of rotatable bonds is 4. The van der Waals surface area contributed by atoms with Crippen molar-refractivity contribution in [1.82, 2.24) is 34.7 Å². The zero-order valence-corrected chi connectivity index (χ0v) is 23.5. The molecule has 4 N–H and O–H groups in total. The molecular formula is C31H28N9O2+. The van der Waals surface area contributed by atoms with Gasteiger partial charge in [-0.2, -0.15) is 5.10 Å². The van der Waals surface area contributed by atoms with Crippen LogP contribution in [0.25, 0.3) is 22.2 Å². The largest absolute Gasteiger partial charge is 0.382 e. The Morgan fingerprint density at radius 1 is 1.10 bits per heavy atom. The number of carbonyl (C=O) groups is 1. The van der Waals surface area contributed by atoms with Crippen LogP contribution in [0.15, 0.2) is 71.8 Å². The lowest BCUT2D eigenvalue weighted by atomic mass is 10.1. The predicted molar refractivity (Wildman–Crippen MR) is 158 cm³/mol. The Kier molecular flexibility index (Phi) is 6.51. The molecule has 0 spiro atoms. The van der Waals surface area contributed by atoms with Gasteiger partial charge in [-0.05, 0) is 50.0 Å². The van der Waals surface area contributed by atoms with Crippen LogP contribution in [0.3, 0.4) is 0 Å². The highest BCUT2D eigenvalue weighted by molar-refractivity contribution is 6.03. The smallest absolute Gasteiger partial charge is 0.362 e. The van der Waals surface area contributed by atoms with Gasteiger partial charge >= 0.3 is 5.65 Å². The Hall–Kier alpha value is -5.76. The first kappa shape index (κ1) is 26.5. The summed E-state index contributed by atoms with van der Waals surface area (Å²) in [7, 11) is 1.87. The van der Waals surface area contributed by atoms with E-state index in [2.05, 4.69) is 32.3 Å². The highest BCUT2D eigenvalue weighted by atomic mass is 16.2. The molecule has 11 heteroatoms. The monoisotopic (exact) mass is 558 g/mol. The van der Waals surface area contributed by atoms with E-state index in [0.29, 0.717) is 33.6 Å². The third-order valence-electron chi connectivity index (χ3n) is 7.21. The Morgan fingerprint density at radius 3 is 2.62 bits per heavy atom. The number of nitrogen functional groups attached to an aromatic ring is 1. The Labute approximate surface area is 240 Å². The summed E-state index contributed by atoms with van der Waals surface area (Å²) < 4.78 is 4.87. The number of hydrogen-bond acceptors (Lipinski definition) is 6. The summed E-state index contributed by atoms with van der Waals surface area (Å²) in [6.07, 6.45) is 3.30. The van der Waals surface area contributed by atoms with E-state index < -0.39 is 11.9 Å². The van der Waals surface area contributed by atoms with Crippen LogP contribution in [-0.4, -0.2) is 35.3 Å². The van der Waals surface area contributed by atoms with Crippen LogP contribution in [0, 0.1) is 25.7 Å². The minimum absolute atomic E-state index is 0.174. The summed E-state index contributed by atoms with van der Waals surface area (Å²) in [6.45, 7) is 5.64. The Balaban J connectivity index is 1.49. The summed E-state index contributed by atoms with van der Waals surface area (Å²) in [5.41, 5.74) is 10.6. The van der Waals surface area contributed by atoms with Crippen LogP contribution in [0.5, 0.6) is 0 Å². The van der Waals surface area contributed by atoms with Crippen LogP contribution < -0.4 is 21.1 Å². The van der Waals surface area contributed by atoms with Crippen molar-refractivity contribution in [2.75, 3.05) is 5.73 Å². The molecule has 0 bridgehead atoms. The number of amides is 1. The molecule has 0 aliphatic rings. The fraction of sp³-hybridized carbons (Fsp3) is 0.161. The molecule has 1 unspecified atom stereocenters. The van der Waals surface area contributed by atoms with Gasteiger partial charge in [0.2, 0.25) is 0 Å². The third-order valence-corrected chi connectivity index (χ3v) is 7.21. The predicted octanol–water partition coefficient (Wildman–Crippen LogP) is 2.67. The molecule has 6 rings (SSSR count). The molecule has 208 valence electrons. The number of aromatic amines is 1. The molecular weight excluding hydrogens is 530 g/mol. The number of hydrogen-bond donors (Lipinski definition) is 3. The van der Waals surface area contributed by atoms with Gasteiger partial charge in [0.25, 0.3) is 11.5 Å². The molecule has 4 aromatic heterocycles. The topological polar surface area (TPSA) is 141 Å². The first-order chi connectivity index (χ1) is 20.2. The van der Waals surface area contributed by atoms with Crippen molar-refractivity contribution in [1.29, 1.82) is 0 Å². The number of anilines is 1. The number of nitrogens with one attached hydrogen (secondary N) is 2. The molecule has 11 nitrogen and oxygen atoms in total. The van der Waals surface area contributed by atoms with Gasteiger partial charge in [0.15, 0.2) is 11.4 Å². The number of H-pyrrole nitrogens is 1. The van der Waals surface area contributed by atoms with Crippen LogP contribution in [-0.2, 0) is 7.05 Å². The molecule has 0 aliphatic carbocycles. The highest BCUT2D eigenvalue weighted by Gasteiger charge is 2.27. The van der Waals surface area contributed by atoms with Gasteiger partial charge in [-0.25, -0.2) is 10.1 Å². The number of fused-ring (bicyclic) bond motifs is 2. The van der Waals surface area contributed by atoms with Crippen LogP contribution in [0.1, 0.15) is 51.7 Å². The van der Waals surface area contributed by atoms with E-state index in [1.54, 1.807) is 40.6 Å². The van der Waals surface area contributed by atoms with Crippen molar-refractivity contribution in [3.63, 3.8) is 0 Å². The zero-order chi connectivity index (χ0) is 29.5. The summed E-state index contributed by atoms with van der Waals surface area (Å²) in [6, 6.07) is 15.6. The lowest BCUT2D eigenvalue weighted by Gasteiger charge is -2.19. The van der Waals surface area contributed by atoms with E-state index in [0.717, 1.165) is 17.0 Å². The average molecular weight is 559 g/mol. The second-order valence-electron chi connectivity index (χ2n) is 9.97. The molecule has 1 amide bonds. The van der Waals surface area contributed by atoms with E-state index in [4.69, 9.17) is 10.7 Å². The van der Waals surface area contributed by atoms with Crippen molar-refractivity contribution < 1.29 is 9.31 Å². The fourth-order valence-corrected chi connectivity index (χ4v) is 5.06. The van der Waals surface area contributed by atoms with Crippen molar-refractivity contribution in [2.45, 2.75) is 26.8 Å². The zero-order valence-electron chi connectivity index (χ0n) is 23.5. The number of carbonyl (C=O) groups excluding carboxylic acids is 1. The lowest BCUT2D eigenvalue weighted by molar-refractivity contribution is -0.577. The molecule has 2 aromatic carbocycles. The van der Waals surface area contributed by atoms with E-state index >= 15 is 0 Å². The van der Waals surface area contributed by atoms with Gasteiger partial charge in [0.05, 0.1) is 39.6 Å². The van der Waals surface area contributed by atoms with E-state index in [1.807, 2.05) is 63.4 Å². The molecule has 4 heterocycles. The molecule has 0 aliphatic heterocycles. The summed E-state index contributed by atoms with van der Waals surface area (Å²) in [5, 5.41) is 10.7. The van der Waals surface area contributed by atoms with Gasteiger partial charge in [-0.3, -0.25) is 18.8 Å². The lowest BCUT2D eigenvalue weighted by Crippen LogP contribution is -2.34. The second kappa shape index (κ2) is 10.3. The summed E-state index contributed by atoms with van der Waals surface area (Å²) in [4.78, 5) is 36.9. The van der Waals surface area contributed by atoms with Crippen molar-refractivity contribution >= 4 is 28.3 Å². The van der Waals surface area contributed by atoms with Gasteiger partial charge in [-0.1, -0.05) is 36.1 Å². The van der Waals surface area contributed by atoms with Crippen molar-refractivity contribution in [2.24, 2.45) is 7.05 Å². The molecule has 6 aromatic rings. The van der Waals surface area contributed by atoms with Crippen LogP contribution in [0.2, 0.25) is 0 Å². The van der Waals surface area contributed by atoms with E-state index in [1.165, 1.54) is 4.57 Å². The maximum absolute atomic E-state index is 14.3. The minimum Gasteiger partial charge on any atom is -0.382 e. The Bertz CT molecular complexity index is 2130. The standard InChI is InChI=1S/C31H27N9O2/c1-18-23(20(3)38(4)36-18)15-14-21-10-8-13-24-25(21)31(42)40(22-11-6-5-7-12-22)28(35-24)19(2)34-30(41)26-27(32)37-39-17-9-16-33-29(26)39/h5-13,16-17,19H,1-4H3,(H3,32,34,37,41)/p+1. The first-order valence-electron chi connectivity index (χ1n) is 13.3. The maximum Gasteiger partial charge on any atom is 0.362 e. The molecule has 0 saturated carbocycles. The highest BCUT2D eigenvalue weighted by Crippen LogP contribution is 2.22. The van der Waals surface area contributed by atoms with Gasteiger partial charge in [0, 0.05) is 18.7 Å². The van der Waals surface area contributed by atoms with Crippen LogP contribution in [0.4, 0.5) is 5.82 Å². The molecule has 1 atom stereocenters. The summed E-state index contributed by atoms with van der Waals surface area (Å²) >= 11 is 0. The van der Waals surface area contributed by atoms with Crippen molar-refractivity contribution in [3.8, 4) is 17.5 Å². The Morgan fingerprint density at radius 2 is 1.88 bits per heavy atom. The maximum atomic E-state index is 14.3. The van der Waals surface area contributed by atoms with Crippen molar-refractivity contribution in [3.05, 3.63) is 111 Å². The molecule has 0 radical (unpaired) electrons. The second-order valence-corrected chi connectivity index (χ2v) is 9.97.